The molecule has 166 valence electrons. The van der Waals surface area contributed by atoms with Gasteiger partial charge >= 0.3 is 17.9 Å². The maximum atomic E-state index is 12.3. The zero-order chi connectivity index (χ0) is 23.4. The number of esters is 1. The molecule has 10 heteroatoms. The number of rotatable bonds is 7. The number of halogens is 1. The van der Waals surface area contributed by atoms with Gasteiger partial charge in [0.05, 0.1) is 24.4 Å². The number of nitrogens with one attached hydrogen (secondary N) is 1. The second kappa shape index (κ2) is 13.0. The molecule has 2 rings (SSSR count). The van der Waals surface area contributed by atoms with Gasteiger partial charge in [0, 0.05) is 11.6 Å². The van der Waals surface area contributed by atoms with Gasteiger partial charge in [-0.3, -0.25) is 9.69 Å². The molecule has 31 heavy (non-hydrogen) atoms. The van der Waals surface area contributed by atoms with Gasteiger partial charge in [-0.2, -0.15) is 0 Å². The second-order valence-corrected chi connectivity index (χ2v) is 6.60. The average Bonchev–Trinajstić information content (AvgIpc) is 2.70. The number of carbonyl (C=O) groups is 4. The van der Waals surface area contributed by atoms with Gasteiger partial charge in [0.25, 0.3) is 0 Å². The minimum atomic E-state index is -1.82. The van der Waals surface area contributed by atoms with E-state index in [1.54, 1.807) is 31.2 Å². The number of hydrogen-bond acceptors (Lipinski definition) is 6. The Bertz CT molecular complexity index is 921. The summed E-state index contributed by atoms with van der Waals surface area (Å²) in [4.78, 5) is 44.3. The van der Waals surface area contributed by atoms with Crippen LogP contribution in [0.4, 0.5) is 5.69 Å². The van der Waals surface area contributed by atoms with Crippen LogP contribution in [0, 0.1) is 0 Å². The minimum absolute atomic E-state index is 0.169. The number of carboxylic acid groups (broad SMARTS) is 2. The van der Waals surface area contributed by atoms with Crippen LogP contribution in [0.25, 0.3) is 0 Å². The lowest BCUT2D eigenvalue weighted by Crippen LogP contribution is -2.30. The van der Waals surface area contributed by atoms with Crippen LogP contribution < -0.4 is 5.32 Å². The molecule has 0 aliphatic rings. The van der Waals surface area contributed by atoms with Gasteiger partial charge in [-0.05, 0) is 37.7 Å². The number of nitrogens with zero attached hydrogens (tertiary/aromatic N) is 1. The van der Waals surface area contributed by atoms with Crippen LogP contribution in [-0.4, -0.2) is 59.1 Å². The van der Waals surface area contributed by atoms with E-state index in [0.717, 1.165) is 5.56 Å². The average molecular weight is 451 g/mol. The molecule has 0 aliphatic heterocycles. The number of anilines is 1. The van der Waals surface area contributed by atoms with E-state index in [4.69, 9.17) is 36.1 Å². The minimum Gasteiger partial charge on any atom is -0.473 e. The van der Waals surface area contributed by atoms with Crippen LogP contribution in [0.1, 0.15) is 22.8 Å². The van der Waals surface area contributed by atoms with Crippen LogP contribution >= 0.6 is 11.6 Å². The third-order valence-corrected chi connectivity index (χ3v) is 4.06. The Balaban J connectivity index is 0.000000703. The molecule has 0 aliphatic carbocycles. The van der Waals surface area contributed by atoms with E-state index in [1.165, 1.54) is 0 Å². The molecule has 0 aromatic heterocycles. The number of carbonyl (C=O) groups excluding carboxylic acids is 2. The smallest absolute Gasteiger partial charge is 0.414 e. The zero-order valence-electron chi connectivity index (χ0n) is 17.0. The Morgan fingerprint density at radius 2 is 1.58 bits per heavy atom. The quantitative estimate of drug-likeness (QED) is 0.433. The fourth-order valence-corrected chi connectivity index (χ4v) is 2.58. The maximum absolute atomic E-state index is 12.3. The fraction of sp³-hybridized carbons (Fsp3) is 0.238. The Morgan fingerprint density at radius 3 is 2.16 bits per heavy atom. The van der Waals surface area contributed by atoms with Crippen molar-refractivity contribution in [2.24, 2.45) is 0 Å². The number of hydrogen-bond donors (Lipinski definition) is 3. The van der Waals surface area contributed by atoms with Crippen LogP contribution in [0.2, 0.25) is 5.02 Å². The molecule has 2 aromatic carbocycles. The van der Waals surface area contributed by atoms with E-state index in [9.17, 15) is 9.59 Å². The van der Waals surface area contributed by atoms with Crippen molar-refractivity contribution in [3.8, 4) is 0 Å². The van der Waals surface area contributed by atoms with Gasteiger partial charge in [0.15, 0.2) is 0 Å². The first-order valence-corrected chi connectivity index (χ1v) is 9.47. The van der Waals surface area contributed by atoms with Crippen molar-refractivity contribution >= 4 is 41.1 Å². The first-order valence-electron chi connectivity index (χ1n) is 9.09. The molecule has 2 aromatic rings. The first kappa shape index (κ1) is 25.6. The van der Waals surface area contributed by atoms with Gasteiger partial charge in [-0.15, -0.1) is 0 Å². The van der Waals surface area contributed by atoms with E-state index in [2.05, 4.69) is 5.32 Å². The standard InChI is InChI=1S/C19H21ClN2O3.C2H2O4/c1-3-25-19(24)15-9-5-7-11-17(15)21-18(23)13-22(2)12-14-8-4-6-10-16(14)20;3-1(4)2(5)6/h4-11H,3,12-13H2,1-2H3,(H,21,23);(H,3,4)(H,5,6). The van der Waals surface area contributed by atoms with E-state index in [-0.39, 0.29) is 19.1 Å². The number of carboxylic acids is 2. The molecule has 0 atom stereocenters. The molecule has 0 saturated heterocycles. The van der Waals surface area contributed by atoms with Gasteiger partial charge in [-0.1, -0.05) is 41.9 Å². The van der Waals surface area contributed by atoms with Gasteiger partial charge < -0.3 is 20.3 Å². The van der Waals surface area contributed by atoms with Crippen molar-refractivity contribution in [2.75, 3.05) is 25.5 Å². The van der Waals surface area contributed by atoms with Crippen molar-refractivity contribution in [3.05, 3.63) is 64.7 Å². The first-order chi connectivity index (χ1) is 14.6. The molecule has 0 fully saturated rings. The van der Waals surface area contributed by atoms with Crippen molar-refractivity contribution in [1.82, 2.24) is 4.90 Å². The molecule has 0 spiro atoms. The van der Waals surface area contributed by atoms with Gasteiger partial charge in [-0.25, -0.2) is 14.4 Å². The van der Waals surface area contributed by atoms with E-state index in [0.29, 0.717) is 22.8 Å². The van der Waals surface area contributed by atoms with Crippen LogP contribution in [0.5, 0.6) is 0 Å². The maximum Gasteiger partial charge on any atom is 0.414 e. The van der Waals surface area contributed by atoms with Crippen LogP contribution in [-0.2, 0) is 25.7 Å². The van der Waals surface area contributed by atoms with Gasteiger partial charge in [0.1, 0.15) is 0 Å². The third kappa shape index (κ3) is 9.28. The number of para-hydroxylation sites is 1. The Morgan fingerprint density at radius 1 is 1.00 bits per heavy atom. The van der Waals surface area contributed by atoms with Crippen molar-refractivity contribution in [3.63, 3.8) is 0 Å². The fourth-order valence-electron chi connectivity index (χ4n) is 2.39. The molecule has 0 unspecified atom stereocenters. The summed E-state index contributed by atoms with van der Waals surface area (Å²) in [5.74, 6) is -4.32. The second-order valence-electron chi connectivity index (χ2n) is 6.19. The highest BCUT2D eigenvalue weighted by Crippen LogP contribution is 2.18. The largest absolute Gasteiger partial charge is 0.473 e. The lowest BCUT2D eigenvalue weighted by molar-refractivity contribution is -0.159. The summed E-state index contributed by atoms with van der Waals surface area (Å²) in [7, 11) is 1.83. The predicted molar refractivity (Wildman–Crippen MR) is 114 cm³/mol. The number of aliphatic carboxylic acids is 2. The number of likely N-dealkylation sites (N-methyl/N-ethyl adjacent to an activating group) is 1. The molecule has 0 heterocycles. The summed E-state index contributed by atoms with van der Waals surface area (Å²) in [5.41, 5.74) is 1.73. The van der Waals surface area contributed by atoms with Gasteiger partial charge in [0.2, 0.25) is 5.91 Å². The molecule has 0 saturated carbocycles. The van der Waals surface area contributed by atoms with Crippen molar-refractivity contribution < 1.29 is 34.1 Å². The molecular formula is C21H23ClN2O7. The number of amides is 1. The van der Waals surface area contributed by atoms with Crippen molar-refractivity contribution in [2.45, 2.75) is 13.5 Å². The van der Waals surface area contributed by atoms with E-state index >= 15 is 0 Å². The molecule has 0 bridgehead atoms. The third-order valence-electron chi connectivity index (χ3n) is 3.69. The Kier molecular flexibility index (Phi) is 10.7. The van der Waals surface area contributed by atoms with Crippen LogP contribution in [0.15, 0.2) is 48.5 Å². The molecular weight excluding hydrogens is 428 g/mol. The highest BCUT2D eigenvalue weighted by atomic mass is 35.5. The predicted octanol–water partition coefficient (Wildman–Crippen LogP) is 2.74. The highest BCUT2D eigenvalue weighted by Gasteiger charge is 2.15. The Labute approximate surface area is 184 Å². The number of ether oxygens (including phenoxy) is 1. The molecule has 0 radical (unpaired) electrons. The summed E-state index contributed by atoms with van der Waals surface area (Å²) in [6.45, 7) is 2.74. The van der Waals surface area contributed by atoms with E-state index in [1.807, 2.05) is 36.2 Å². The summed E-state index contributed by atoms with van der Waals surface area (Å²) in [6.07, 6.45) is 0. The Hall–Kier alpha value is -3.43. The summed E-state index contributed by atoms with van der Waals surface area (Å²) in [6, 6.07) is 14.3. The SMILES string of the molecule is CCOC(=O)c1ccccc1NC(=O)CN(C)Cc1ccccc1Cl.O=C(O)C(=O)O. The normalized spacial score (nSPS) is 9.94. The lowest BCUT2D eigenvalue weighted by atomic mass is 10.1. The van der Waals surface area contributed by atoms with E-state index < -0.39 is 17.9 Å². The summed E-state index contributed by atoms with van der Waals surface area (Å²) < 4.78 is 5.01. The zero-order valence-corrected chi connectivity index (χ0v) is 17.8. The lowest BCUT2D eigenvalue weighted by Gasteiger charge is -2.17. The van der Waals surface area contributed by atoms with Crippen molar-refractivity contribution in [1.29, 1.82) is 0 Å². The summed E-state index contributed by atoms with van der Waals surface area (Å²) >= 11 is 6.14. The van der Waals surface area contributed by atoms with Crippen LogP contribution in [0.3, 0.4) is 0 Å². The summed E-state index contributed by atoms with van der Waals surface area (Å²) in [5, 5.41) is 18.2. The molecule has 3 N–H and O–H groups in total. The number of benzene rings is 2. The topological polar surface area (TPSA) is 133 Å². The highest BCUT2D eigenvalue weighted by molar-refractivity contribution is 6.31. The molecule has 9 nitrogen and oxygen atoms in total. The molecule has 1 amide bonds. The monoisotopic (exact) mass is 450 g/mol.